The fourth-order valence-electron chi connectivity index (χ4n) is 1.62. The molecule has 5 nitrogen and oxygen atoms in total. The average Bonchev–Trinajstić information content (AvgIpc) is 3.05. The molecule has 1 saturated carbocycles. The number of aromatic nitrogens is 4. The van der Waals surface area contributed by atoms with E-state index in [0.717, 1.165) is 21.3 Å². The van der Waals surface area contributed by atoms with Crippen LogP contribution in [0.1, 0.15) is 24.4 Å². The molecule has 0 bridgehead atoms. The number of hydrogen-bond donors (Lipinski definition) is 1. The van der Waals surface area contributed by atoms with E-state index in [4.69, 9.17) is 5.73 Å². The second kappa shape index (κ2) is 4.03. The van der Waals surface area contributed by atoms with Gasteiger partial charge in [0.25, 0.3) is 0 Å². The third kappa shape index (κ3) is 2.12. The van der Waals surface area contributed by atoms with E-state index >= 15 is 0 Å². The van der Waals surface area contributed by atoms with E-state index < -0.39 is 0 Å². The van der Waals surface area contributed by atoms with Gasteiger partial charge in [-0.25, -0.2) is 4.68 Å². The SMILES string of the molecule is Cc1cc(Sc2nnnn2C2CC2)ccc1N. The van der Waals surface area contributed by atoms with Crippen LogP contribution in [0.15, 0.2) is 28.3 Å². The van der Waals surface area contributed by atoms with Crippen LogP contribution in [0.3, 0.4) is 0 Å². The molecule has 6 heteroatoms. The Bertz CT molecular complexity index is 547. The number of aryl methyl sites for hydroxylation is 1. The van der Waals surface area contributed by atoms with Gasteiger partial charge >= 0.3 is 0 Å². The van der Waals surface area contributed by atoms with Gasteiger partial charge in [-0.3, -0.25) is 0 Å². The van der Waals surface area contributed by atoms with Crippen molar-refractivity contribution in [3.63, 3.8) is 0 Å². The summed E-state index contributed by atoms with van der Waals surface area (Å²) in [7, 11) is 0. The van der Waals surface area contributed by atoms with Crippen molar-refractivity contribution in [1.82, 2.24) is 20.2 Å². The molecule has 1 heterocycles. The first-order valence-corrected chi connectivity index (χ1v) is 6.37. The van der Waals surface area contributed by atoms with Gasteiger partial charge in [0, 0.05) is 10.6 Å². The lowest BCUT2D eigenvalue weighted by Crippen LogP contribution is -1.98. The predicted octanol–water partition coefficient (Wildman–Crippen LogP) is 2.05. The van der Waals surface area contributed by atoms with Crippen LogP contribution in [0.4, 0.5) is 5.69 Å². The van der Waals surface area contributed by atoms with Crippen LogP contribution in [0.2, 0.25) is 0 Å². The highest BCUT2D eigenvalue weighted by Gasteiger charge is 2.28. The fourth-order valence-corrected chi connectivity index (χ4v) is 2.56. The highest BCUT2D eigenvalue weighted by atomic mass is 32.2. The second-order valence-electron chi connectivity index (χ2n) is 4.26. The molecule has 0 aliphatic heterocycles. The molecule has 17 heavy (non-hydrogen) atoms. The van der Waals surface area contributed by atoms with E-state index in [2.05, 4.69) is 21.6 Å². The van der Waals surface area contributed by atoms with E-state index in [-0.39, 0.29) is 0 Å². The molecule has 2 aromatic rings. The van der Waals surface area contributed by atoms with E-state index in [1.165, 1.54) is 12.8 Å². The van der Waals surface area contributed by atoms with E-state index in [0.29, 0.717) is 6.04 Å². The number of nitrogens with two attached hydrogens (primary N) is 1. The summed E-state index contributed by atoms with van der Waals surface area (Å²) in [5.41, 5.74) is 7.70. The van der Waals surface area contributed by atoms with Gasteiger partial charge < -0.3 is 5.73 Å². The maximum atomic E-state index is 5.80. The lowest BCUT2D eigenvalue weighted by atomic mass is 10.2. The second-order valence-corrected chi connectivity index (χ2v) is 5.30. The quantitative estimate of drug-likeness (QED) is 0.841. The Hall–Kier alpha value is -1.56. The van der Waals surface area contributed by atoms with Crippen LogP contribution in [0, 0.1) is 6.92 Å². The maximum Gasteiger partial charge on any atom is 0.214 e. The van der Waals surface area contributed by atoms with Gasteiger partial charge in [-0.1, -0.05) is 0 Å². The third-order valence-corrected chi connectivity index (χ3v) is 3.75. The molecule has 0 amide bonds. The number of nitrogen functional groups attached to an aromatic ring is 1. The summed E-state index contributed by atoms with van der Waals surface area (Å²) in [5.74, 6) is 0. The Balaban J connectivity index is 1.85. The highest BCUT2D eigenvalue weighted by Crippen LogP contribution is 2.38. The van der Waals surface area contributed by atoms with E-state index in [9.17, 15) is 0 Å². The topological polar surface area (TPSA) is 69.6 Å². The predicted molar refractivity (Wildman–Crippen MR) is 65.8 cm³/mol. The largest absolute Gasteiger partial charge is 0.399 e. The molecule has 0 saturated heterocycles. The van der Waals surface area contributed by atoms with Gasteiger partial charge in [-0.15, -0.1) is 5.10 Å². The fraction of sp³-hybridized carbons (Fsp3) is 0.364. The average molecular weight is 247 g/mol. The summed E-state index contributed by atoms with van der Waals surface area (Å²) < 4.78 is 1.91. The summed E-state index contributed by atoms with van der Waals surface area (Å²) in [5, 5.41) is 12.7. The number of tetrazole rings is 1. The summed E-state index contributed by atoms with van der Waals surface area (Å²) >= 11 is 1.58. The minimum absolute atomic E-state index is 0.502. The van der Waals surface area contributed by atoms with Gasteiger partial charge in [-0.05, 0) is 65.7 Å². The van der Waals surface area contributed by atoms with Crippen molar-refractivity contribution < 1.29 is 0 Å². The Morgan fingerprint density at radius 3 is 2.94 bits per heavy atom. The highest BCUT2D eigenvalue weighted by molar-refractivity contribution is 7.99. The third-order valence-electron chi connectivity index (χ3n) is 2.81. The molecule has 1 aliphatic rings. The molecule has 0 atom stereocenters. The van der Waals surface area contributed by atoms with Crippen molar-refractivity contribution >= 4 is 17.4 Å². The van der Waals surface area contributed by atoms with Gasteiger partial charge in [0.15, 0.2) is 0 Å². The van der Waals surface area contributed by atoms with Crippen molar-refractivity contribution in [2.75, 3.05) is 5.73 Å². The molecule has 0 radical (unpaired) electrons. The van der Waals surface area contributed by atoms with Gasteiger partial charge in [0.2, 0.25) is 5.16 Å². The molecular formula is C11H13N5S. The lowest BCUT2D eigenvalue weighted by molar-refractivity contribution is 0.565. The van der Waals surface area contributed by atoms with Crippen LogP contribution < -0.4 is 5.73 Å². The van der Waals surface area contributed by atoms with Crippen LogP contribution in [-0.4, -0.2) is 20.2 Å². The summed E-state index contributed by atoms with van der Waals surface area (Å²) in [6.45, 7) is 2.00. The molecule has 1 aromatic carbocycles. The molecular weight excluding hydrogens is 234 g/mol. The van der Waals surface area contributed by atoms with Crippen LogP contribution >= 0.6 is 11.8 Å². The number of rotatable bonds is 3. The van der Waals surface area contributed by atoms with Crippen LogP contribution in [0.25, 0.3) is 0 Å². The molecule has 88 valence electrons. The number of benzene rings is 1. The summed E-state index contributed by atoms with van der Waals surface area (Å²) in [6.07, 6.45) is 2.36. The Morgan fingerprint density at radius 1 is 1.41 bits per heavy atom. The molecule has 0 spiro atoms. The zero-order chi connectivity index (χ0) is 11.8. The zero-order valence-corrected chi connectivity index (χ0v) is 10.3. The normalized spacial score (nSPS) is 15.1. The molecule has 2 N–H and O–H groups in total. The molecule has 0 unspecified atom stereocenters. The van der Waals surface area contributed by atoms with Crippen molar-refractivity contribution in [3.05, 3.63) is 23.8 Å². The minimum atomic E-state index is 0.502. The van der Waals surface area contributed by atoms with Crippen LogP contribution in [-0.2, 0) is 0 Å². The first-order chi connectivity index (χ1) is 8.24. The zero-order valence-electron chi connectivity index (χ0n) is 9.50. The van der Waals surface area contributed by atoms with Crippen molar-refractivity contribution in [3.8, 4) is 0 Å². The van der Waals surface area contributed by atoms with E-state index in [1.54, 1.807) is 11.8 Å². The Morgan fingerprint density at radius 2 is 2.24 bits per heavy atom. The summed E-state index contributed by atoms with van der Waals surface area (Å²) in [4.78, 5) is 1.12. The summed E-state index contributed by atoms with van der Waals surface area (Å²) in [6, 6.07) is 6.48. The van der Waals surface area contributed by atoms with E-state index in [1.807, 2.05) is 23.7 Å². The number of hydrogen-bond acceptors (Lipinski definition) is 5. The lowest BCUT2D eigenvalue weighted by Gasteiger charge is -2.04. The minimum Gasteiger partial charge on any atom is -0.399 e. The van der Waals surface area contributed by atoms with Crippen molar-refractivity contribution in [2.24, 2.45) is 0 Å². The van der Waals surface area contributed by atoms with Gasteiger partial charge in [0.1, 0.15) is 0 Å². The molecule has 1 aromatic heterocycles. The molecule has 1 fully saturated rings. The molecule has 1 aliphatic carbocycles. The Labute approximate surface area is 103 Å². The number of anilines is 1. The number of nitrogens with zero attached hydrogens (tertiary/aromatic N) is 4. The smallest absolute Gasteiger partial charge is 0.214 e. The first-order valence-electron chi connectivity index (χ1n) is 5.56. The standard InChI is InChI=1S/C11H13N5S/c1-7-6-9(4-5-10(7)12)17-11-13-14-15-16(11)8-2-3-8/h4-6,8H,2-3,12H2,1H3. The first kappa shape index (κ1) is 10.6. The van der Waals surface area contributed by atoms with Crippen molar-refractivity contribution in [1.29, 1.82) is 0 Å². The monoisotopic (exact) mass is 247 g/mol. The van der Waals surface area contributed by atoms with Gasteiger partial charge in [-0.2, -0.15) is 0 Å². The maximum absolute atomic E-state index is 5.80. The van der Waals surface area contributed by atoms with Crippen molar-refractivity contribution in [2.45, 2.75) is 35.9 Å². The van der Waals surface area contributed by atoms with Crippen LogP contribution in [0.5, 0.6) is 0 Å². The van der Waals surface area contributed by atoms with Gasteiger partial charge in [0.05, 0.1) is 6.04 Å². The Kier molecular flexibility index (Phi) is 2.51. The molecule has 3 rings (SSSR count).